The average molecular weight is 342 g/mol. The summed E-state index contributed by atoms with van der Waals surface area (Å²) in [5.41, 5.74) is 6.32. The first kappa shape index (κ1) is 21.9. The molecule has 1 amide bonds. The van der Waals surface area contributed by atoms with E-state index in [0.717, 1.165) is 10.7 Å². The fraction of sp³-hybridized carbons (Fsp3) is 0.692. The first-order chi connectivity index (χ1) is 8.15. The van der Waals surface area contributed by atoms with Gasteiger partial charge in [-0.1, -0.05) is 6.92 Å². The van der Waals surface area contributed by atoms with Crippen LogP contribution < -0.4 is 11.1 Å². The Bertz CT molecular complexity index is 427. The first-order valence-corrected chi connectivity index (χ1v) is 6.99. The van der Waals surface area contributed by atoms with E-state index in [2.05, 4.69) is 10.3 Å². The van der Waals surface area contributed by atoms with Gasteiger partial charge in [-0.05, 0) is 34.6 Å². The second-order valence-corrected chi connectivity index (χ2v) is 6.63. The summed E-state index contributed by atoms with van der Waals surface area (Å²) in [5, 5.41) is 3.96. The molecule has 0 aliphatic heterocycles. The minimum Gasteiger partial charge on any atom is -0.344 e. The number of aromatic nitrogens is 1. The third kappa shape index (κ3) is 5.20. The molecule has 0 radical (unpaired) electrons. The van der Waals surface area contributed by atoms with Crippen molar-refractivity contribution in [2.75, 3.05) is 0 Å². The van der Waals surface area contributed by atoms with Gasteiger partial charge in [-0.2, -0.15) is 0 Å². The maximum absolute atomic E-state index is 12.1. The molecule has 0 spiro atoms. The van der Waals surface area contributed by atoms with E-state index in [1.165, 1.54) is 4.88 Å². The summed E-state index contributed by atoms with van der Waals surface area (Å²) in [6.45, 7) is 11.6. The molecule has 0 saturated heterocycles. The normalized spacial score (nSPS) is 13.8. The number of carbonyl (C=O) groups is 1. The topological polar surface area (TPSA) is 68.0 Å². The molecular formula is C13H25Cl2N3OS. The molecular weight excluding hydrogens is 317 g/mol. The van der Waals surface area contributed by atoms with Crippen LogP contribution >= 0.6 is 36.2 Å². The van der Waals surface area contributed by atoms with Gasteiger partial charge >= 0.3 is 0 Å². The van der Waals surface area contributed by atoms with Crippen molar-refractivity contribution in [3.63, 3.8) is 0 Å². The Hall–Kier alpha value is -0.360. The number of aryl methyl sites for hydroxylation is 2. The molecule has 2 atom stereocenters. The molecule has 0 bridgehead atoms. The zero-order valence-corrected chi connectivity index (χ0v) is 15.3. The summed E-state index contributed by atoms with van der Waals surface area (Å²) < 4.78 is 0. The number of amides is 1. The van der Waals surface area contributed by atoms with Crippen LogP contribution in [0.4, 0.5) is 0 Å². The number of nitrogens with two attached hydrogens (primary N) is 1. The van der Waals surface area contributed by atoms with Crippen LogP contribution in [0, 0.1) is 19.8 Å². The van der Waals surface area contributed by atoms with Crippen LogP contribution in [0.5, 0.6) is 0 Å². The third-order valence-electron chi connectivity index (χ3n) is 3.20. The minimum atomic E-state index is -0.454. The Labute approximate surface area is 137 Å². The number of nitrogens with one attached hydrogen (secondary N) is 1. The van der Waals surface area contributed by atoms with E-state index in [1.54, 1.807) is 11.3 Å². The number of nitrogens with zero attached hydrogens (tertiary/aromatic N) is 1. The molecule has 1 heterocycles. The Balaban J connectivity index is 0. The summed E-state index contributed by atoms with van der Waals surface area (Å²) >= 11 is 1.63. The van der Waals surface area contributed by atoms with Crippen LogP contribution in [0.15, 0.2) is 0 Å². The highest BCUT2D eigenvalue weighted by molar-refractivity contribution is 7.11. The maximum atomic E-state index is 12.1. The van der Waals surface area contributed by atoms with E-state index >= 15 is 0 Å². The first-order valence-electron chi connectivity index (χ1n) is 6.17. The predicted molar refractivity (Wildman–Crippen MR) is 90.1 cm³/mol. The Kier molecular flexibility index (Phi) is 8.96. The van der Waals surface area contributed by atoms with Gasteiger partial charge in [0, 0.05) is 16.8 Å². The van der Waals surface area contributed by atoms with Gasteiger partial charge in [-0.3, -0.25) is 4.79 Å². The lowest BCUT2D eigenvalue weighted by Crippen LogP contribution is -2.47. The van der Waals surface area contributed by atoms with Crippen LogP contribution in [0.1, 0.15) is 43.3 Å². The van der Waals surface area contributed by atoms with Crippen LogP contribution in [-0.2, 0) is 10.3 Å². The van der Waals surface area contributed by atoms with Gasteiger partial charge in [-0.25, -0.2) is 4.98 Å². The highest BCUT2D eigenvalue weighted by Crippen LogP contribution is 2.27. The second-order valence-electron chi connectivity index (χ2n) is 5.42. The van der Waals surface area contributed by atoms with Crippen molar-refractivity contribution in [2.45, 2.75) is 53.1 Å². The zero-order chi connectivity index (χ0) is 14.1. The smallest absolute Gasteiger partial charge is 0.225 e. The lowest BCUT2D eigenvalue weighted by molar-refractivity contribution is -0.126. The van der Waals surface area contributed by atoms with Crippen LogP contribution in [0.2, 0.25) is 0 Å². The summed E-state index contributed by atoms with van der Waals surface area (Å²) in [7, 11) is 0. The lowest BCUT2D eigenvalue weighted by atomic mass is 10.0. The molecule has 0 aliphatic rings. The van der Waals surface area contributed by atoms with E-state index in [9.17, 15) is 4.79 Å². The van der Waals surface area contributed by atoms with Gasteiger partial charge in [0.1, 0.15) is 5.01 Å². The van der Waals surface area contributed by atoms with E-state index < -0.39 is 5.54 Å². The molecule has 20 heavy (non-hydrogen) atoms. The van der Waals surface area contributed by atoms with E-state index in [0.29, 0.717) is 0 Å². The summed E-state index contributed by atoms with van der Waals surface area (Å²) in [6, 6.07) is -0.152. The molecule has 0 saturated carbocycles. The van der Waals surface area contributed by atoms with E-state index in [4.69, 9.17) is 5.73 Å². The molecule has 1 aromatic rings. The predicted octanol–water partition coefficient (Wildman–Crippen LogP) is 2.94. The number of hydrogen-bond acceptors (Lipinski definition) is 4. The van der Waals surface area contributed by atoms with Crippen molar-refractivity contribution in [3.05, 3.63) is 15.6 Å². The van der Waals surface area contributed by atoms with E-state index in [-0.39, 0.29) is 42.7 Å². The quantitative estimate of drug-likeness (QED) is 0.884. The Morgan fingerprint density at radius 3 is 2.15 bits per heavy atom. The molecule has 7 heteroatoms. The van der Waals surface area contributed by atoms with E-state index in [1.807, 2.05) is 41.5 Å². The fourth-order valence-corrected chi connectivity index (χ4v) is 2.43. The van der Waals surface area contributed by atoms with Gasteiger partial charge in [0.05, 0.1) is 11.2 Å². The van der Waals surface area contributed by atoms with Crippen molar-refractivity contribution in [3.8, 4) is 0 Å². The van der Waals surface area contributed by atoms with Crippen molar-refractivity contribution in [1.29, 1.82) is 0 Å². The van der Waals surface area contributed by atoms with Crippen molar-refractivity contribution in [2.24, 2.45) is 11.7 Å². The lowest BCUT2D eigenvalue weighted by Gasteiger charge is -2.27. The van der Waals surface area contributed by atoms with Crippen molar-refractivity contribution < 1.29 is 4.79 Å². The molecule has 2 unspecified atom stereocenters. The largest absolute Gasteiger partial charge is 0.344 e. The number of rotatable bonds is 4. The standard InChI is InChI=1S/C13H23N3OS.2ClH/c1-7(8(2)14)11(17)16-13(5,6)12-15-9(3)10(4)18-12;;/h7-8H,14H2,1-6H3,(H,16,17);2*1H. The minimum absolute atomic E-state index is 0. The van der Waals surface area contributed by atoms with Crippen LogP contribution in [0.25, 0.3) is 0 Å². The van der Waals surface area contributed by atoms with Crippen LogP contribution in [0.3, 0.4) is 0 Å². The number of halogens is 2. The number of thiazole rings is 1. The molecule has 0 aromatic carbocycles. The van der Waals surface area contributed by atoms with Gasteiger partial charge in [0.25, 0.3) is 0 Å². The Morgan fingerprint density at radius 2 is 1.80 bits per heavy atom. The Morgan fingerprint density at radius 1 is 1.30 bits per heavy atom. The van der Waals surface area contributed by atoms with Crippen molar-refractivity contribution >= 4 is 42.1 Å². The molecule has 0 fully saturated rings. The molecule has 4 nitrogen and oxygen atoms in total. The monoisotopic (exact) mass is 341 g/mol. The van der Waals surface area contributed by atoms with Gasteiger partial charge in [0.15, 0.2) is 0 Å². The van der Waals surface area contributed by atoms with Gasteiger partial charge in [0.2, 0.25) is 5.91 Å². The SMILES string of the molecule is Cc1nc(C(C)(C)NC(=O)C(C)C(C)N)sc1C.Cl.Cl. The highest BCUT2D eigenvalue weighted by Gasteiger charge is 2.29. The highest BCUT2D eigenvalue weighted by atomic mass is 35.5. The zero-order valence-electron chi connectivity index (χ0n) is 12.8. The summed E-state index contributed by atoms with van der Waals surface area (Å²) in [5.74, 6) is -0.230. The van der Waals surface area contributed by atoms with Gasteiger partial charge < -0.3 is 11.1 Å². The molecule has 3 N–H and O–H groups in total. The molecule has 1 aromatic heterocycles. The fourth-order valence-electron chi connectivity index (χ4n) is 1.45. The second kappa shape index (κ2) is 8.17. The molecule has 1 rings (SSSR count). The van der Waals surface area contributed by atoms with Crippen molar-refractivity contribution in [1.82, 2.24) is 10.3 Å². The third-order valence-corrected chi connectivity index (χ3v) is 4.60. The molecule has 0 aliphatic carbocycles. The van der Waals surface area contributed by atoms with Crippen LogP contribution in [-0.4, -0.2) is 16.9 Å². The average Bonchev–Trinajstić information content (AvgIpc) is 2.58. The summed E-state index contributed by atoms with van der Waals surface area (Å²) in [6.07, 6.45) is 0. The number of hydrogen-bond donors (Lipinski definition) is 2. The summed E-state index contributed by atoms with van der Waals surface area (Å²) in [4.78, 5) is 17.8. The van der Waals surface area contributed by atoms with Gasteiger partial charge in [-0.15, -0.1) is 36.2 Å². The molecule has 118 valence electrons. The maximum Gasteiger partial charge on any atom is 0.225 e. The number of carbonyl (C=O) groups excluding carboxylic acids is 1.